The molecule has 0 saturated carbocycles. The van der Waals surface area contributed by atoms with E-state index in [1.165, 1.54) is 0 Å². The SMILES string of the molecule is COCC1CCCN(C(=O)C2COCC2N)C1. The molecule has 2 N–H and O–H groups in total. The maximum atomic E-state index is 12.3. The predicted molar refractivity (Wildman–Crippen MR) is 63.5 cm³/mol. The number of nitrogens with two attached hydrogens (primary N) is 1. The van der Waals surface area contributed by atoms with Gasteiger partial charge in [-0.15, -0.1) is 0 Å². The Morgan fingerprint density at radius 1 is 1.53 bits per heavy atom. The van der Waals surface area contributed by atoms with Gasteiger partial charge in [-0.3, -0.25) is 4.79 Å². The second-order valence-electron chi connectivity index (χ2n) is 5.06. The minimum absolute atomic E-state index is 0.134. The van der Waals surface area contributed by atoms with E-state index in [0.29, 0.717) is 19.1 Å². The lowest BCUT2D eigenvalue weighted by Gasteiger charge is -2.34. The Labute approximate surface area is 102 Å². The van der Waals surface area contributed by atoms with Gasteiger partial charge in [0.05, 0.1) is 25.7 Å². The number of carbonyl (C=O) groups excluding carboxylic acids is 1. The Bertz CT molecular complexity index is 270. The molecule has 5 heteroatoms. The third kappa shape index (κ3) is 2.97. The van der Waals surface area contributed by atoms with Crippen molar-refractivity contribution in [2.75, 3.05) is 40.0 Å². The van der Waals surface area contributed by atoms with Gasteiger partial charge < -0.3 is 20.1 Å². The van der Waals surface area contributed by atoms with Crippen LogP contribution in [0.3, 0.4) is 0 Å². The number of rotatable bonds is 3. The monoisotopic (exact) mass is 242 g/mol. The number of nitrogens with zero attached hydrogens (tertiary/aromatic N) is 1. The fourth-order valence-electron chi connectivity index (χ4n) is 2.70. The topological polar surface area (TPSA) is 64.8 Å². The molecule has 2 aliphatic rings. The molecule has 0 aromatic carbocycles. The Kier molecular flexibility index (Phi) is 4.36. The molecule has 3 atom stereocenters. The average Bonchev–Trinajstić information content (AvgIpc) is 2.75. The summed E-state index contributed by atoms with van der Waals surface area (Å²) in [5.41, 5.74) is 5.88. The third-order valence-corrected chi connectivity index (χ3v) is 3.67. The molecule has 98 valence electrons. The van der Waals surface area contributed by atoms with Crippen LogP contribution in [0.5, 0.6) is 0 Å². The standard InChI is InChI=1S/C12H22N2O3/c1-16-6-9-3-2-4-14(5-9)12(15)10-7-17-8-11(10)13/h9-11H,2-8,13H2,1H3. The smallest absolute Gasteiger partial charge is 0.229 e. The summed E-state index contributed by atoms with van der Waals surface area (Å²) in [5, 5.41) is 0. The first-order valence-electron chi connectivity index (χ1n) is 6.33. The van der Waals surface area contributed by atoms with Crippen molar-refractivity contribution < 1.29 is 14.3 Å². The molecular weight excluding hydrogens is 220 g/mol. The van der Waals surface area contributed by atoms with Crippen molar-refractivity contribution in [1.82, 2.24) is 4.90 Å². The van der Waals surface area contributed by atoms with E-state index in [2.05, 4.69) is 0 Å². The normalized spacial score (nSPS) is 34.0. The van der Waals surface area contributed by atoms with E-state index in [4.69, 9.17) is 15.2 Å². The molecule has 2 aliphatic heterocycles. The quantitative estimate of drug-likeness (QED) is 0.747. The average molecular weight is 242 g/mol. The molecule has 0 radical (unpaired) electrons. The highest BCUT2D eigenvalue weighted by molar-refractivity contribution is 5.80. The lowest BCUT2D eigenvalue weighted by atomic mass is 9.96. The van der Waals surface area contributed by atoms with Gasteiger partial charge in [-0.2, -0.15) is 0 Å². The van der Waals surface area contributed by atoms with Gasteiger partial charge in [-0.05, 0) is 18.8 Å². The van der Waals surface area contributed by atoms with Gasteiger partial charge >= 0.3 is 0 Å². The van der Waals surface area contributed by atoms with Gasteiger partial charge in [-0.25, -0.2) is 0 Å². The molecule has 1 amide bonds. The minimum atomic E-state index is -0.142. The van der Waals surface area contributed by atoms with E-state index in [1.807, 2.05) is 4.90 Å². The van der Waals surface area contributed by atoms with E-state index in [1.54, 1.807) is 7.11 Å². The van der Waals surface area contributed by atoms with Gasteiger partial charge in [0, 0.05) is 26.2 Å². The number of methoxy groups -OCH3 is 1. The molecule has 0 bridgehead atoms. The predicted octanol–water partition coefficient (Wildman–Crippen LogP) is -0.155. The highest BCUT2D eigenvalue weighted by Gasteiger charge is 2.35. The molecular formula is C12H22N2O3. The van der Waals surface area contributed by atoms with Crippen LogP contribution in [0.15, 0.2) is 0 Å². The van der Waals surface area contributed by atoms with E-state index >= 15 is 0 Å². The number of carbonyl (C=O) groups is 1. The molecule has 0 spiro atoms. The number of amides is 1. The summed E-state index contributed by atoms with van der Waals surface area (Å²) in [7, 11) is 1.71. The first-order chi connectivity index (χ1) is 8.22. The Morgan fingerprint density at radius 3 is 3.00 bits per heavy atom. The van der Waals surface area contributed by atoms with Crippen LogP contribution in [0.4, 0.5) is 0 Å². The first-order valence-corrected chi connectivity index (χ1v) is 6.33. The van der Waals surface area contributed by atoms with Crippen molar-refractivity contribution in [2.24, 2.45) is 17.6 Å². The summed E-state index contributed by atoms with van der Waals surface area (Å²) < 4.78 is 10.4. The van der Waals surface area contributed by atoms with Crippen LogP contribution < -0.4 is 5.73 Å². The van der Waals surface area contributed by atoms with Crippen molar-refractivity contribution in [3.05, 3.63) is 0 Å². The van der Waals surface area contributed by atoms with Crippen molar-refractivity contribution >= 4 is 5.91 Å². The maximum Gasteiger partial charge on any atom is 0.229 e. The molecule has 5 nitrogen and oxygen atoms in total. The largest absolute Gasteiger partial charge is 0.384 e. The van der Waals surface area contributed by atoms with Crippen LogP contribution >= 0.6 is 0 Å². The second kappa shape index (κ2) is 5.80. The number of piperidine rings is 1. The molecule has 17 heavy (non-hydrogen) atoms. The summed E-state index contributed by atoms with van der Waals surface area (Å²) in [6, 6.07) is -0.134. The zero-order valence-electron chi connectivity index (χ0n) is 10.4. The van der Waals surface area contributed by atoms with Crippen molar-refractivity contribution in [2.45, 2.75) is 18.9 Å². The van der Waals surface area contributed by atoms with E-state index in [9.17, 15) is 4.79 Å². The Hall–Kier alpha value is -0.650. The van der Waals surface area contributed by atoms with Crippen LogP contribution in [-0.4, -0.2) is 56.9 Å². The van der Waals surface area contributed by atoms with Gasteiger partial charge in [0.15, 0.2) is 0 Å². The molecule has 0 aliphatic carbocycles. The van der Waals surface area contributed by atoms with E-state index < -0.39 is 0 Å². The van der Waals surface area contributed by atoms with Gasteiger partial charge in [-0.1, -0.05) is 0 Å². The van der Waals surface area contributed by atoms with E-state index in [0.717, 1.165) is 32.5 Å². The minimum Gasteiger partial charge on any atom is -0.384 e. The van der Waals surface area contributed by atoms with Crippen LogP contribution in [-0.2, 0) is 14.3 Å². The Balaban J connectivity index is 1.90. The van der Waals surface area contributed by atoms with Gasteiger partial charge in [0.1, 0.15) is 0 Å². The van der Waals surface area contributed by atoms with Crippen molar-refractivity contribution in [3.8, 4) is 0 Å². The van der Waals surface area contributed by atoms with Crippen molar-refractivity contribution in [3.63, 3.8) is 0 Å². The molecule has 2 rings (SSSR count). The summed E-state index contributed by atoms with van der Waals surface area (Å²) >= 11 is 0. The number of likely N-dealkylation sites (tertiary alicyclic amines) is 1. The van der Waals surface area contributed by atoms with Crippen LogP contribution in [0, 0.1) is 11.8 Å². The summed E-state index contributed by atoms with van der Waals surface area (Å²) in [5.74, 6) is 0.489. The first kappa shape index (κ1) is 12.8. The third-order valence-electron chi connectivity index (χ3n) is 3.67. The van der Waals surface area contributed by atoms with Gasteiger partial charge in [0.2, 0.25) is 5.91 Å². The number of hydrogen-bond acceptors (Lipinski definition) is 4. The van der Waals surface area contributed by atoms with Crippen molar-refractivity contribution in [1.29, 1.82) is 0 Å². The zero-order chi connectivity index (χ0) is 12.3. The fourth-order valence-corrected chi connectivity index (χ4v) is 2.70. The molecule has 2 heterocycles. The maximum absolute atomic E-state index is 12.3. The highest BCUT2D eigenvalue weighted by atomic mass is 16.5. The highest BCUT2D eigenvalue weighted by Crippen LogP contribution is 2.21. The van der Waals surface area contributed by atoms with Crippen LogP contribution in [0.25, 0.3) is 0 Å². The summed E-state index contributed by atoms with van der Waals surface area (Å²) in [6.07, 6.45) is 2.20. The second-order valence-corrected chi connectivity index (χ2v) is 5.06. The zero-order valence-corrected chi connectivity index (χ0v) is 10.4. The Morgan fingerprint density at radius 2 is 2.35 bits per heavy atom. The van der Waals surface area contributed by atoms with Gasteiger partial charge in [0.25, 0.3) is 0 Å². The summed E-state index contributed by atoms with van der Waals surface area (Å²) in [6.45, 7) is 3.37. The fraction of sp³-hybridized carbons (Fsp3) is 0.917. The molecule has 2 fully saturated rings. The lowest BCUT2D eigenvalue weighted by Crippen LogP contribution is -2.48. The van der Waals surface area contributed by atoms with Crippen LogP contribution in [0.2, 0.25) is 0 Å². The van der Waals surface area contributed by atoms with E-state index in [-0.39, 0.29) is 17.9 Å². The number of hydrogen-bond donors (Lipinski definition) is 1. The number of ether oxygens (including phenoxy) is 2. The molecule has 0 aromatic heterocycles. The molecule has 0 aromatic rings. The molecule has 3 unspecified atom stereocenters. The van der Waals surface area contributed by atoms with Crippen LogP contribution in [0.1, 0.15) is 12.8 Å². The lowest BCUT2D eigenvalue weighted by molar-refractivity contribution is -0.138. The summed E-state index contributed by atoms with van der Waals surface area (Å²) in [4.78, 5) is 14.2. The molecule has 2 saturated heterocycles.